The van der Waals surface area contributed by atoms with Crippen molar-refractivity contribution in [3.63, 3.8) is 0 Å². The van der Waals surface area contributed by atoms with Crippen molar-refractivity contribution < 1.29 is 9.47 Å². The van der Waals surface area contributed by atoms with E-state index in [0.29, 0.717) is 6.10 Å². The molecule has 1 aliphatic heterocycles. The highest BCUT2D eigenvalue weighted by Gasteiger charge is 2.35. The molecule has 2 aliphatic rings. The fourth-order valence-corrected chi connectivity index (χ4v) is 4.03. The molecule has 0 radical (unpaired) electrons. The second kappa shape index (κ2) is 11.5. The first-order valence-electron chi connectivity index (χ1n) is 10.6. The predicted molar refractivity (Wildman–Crippen MR) is 98.0 cm³/mol. The molecule has 1 atom stereocenters. The fraction of sp³-hybridized carbons (Fsp3) is 1.00. The fourth-order valence-electron chi connectivity index (χ4n) is 4.03. The van der Waals surface area contributed by atoms with Crippen LogP contribution in [0.5, 0.6) is 0 Å². The van der Waals surface area contributed by atoms with Crippen molar-refractivity contribution in [1.82, 2.24) is 0 Å². The molecule has 0 aromatic heterocycles. The Kier molecular flexibility index (Phi) is 9.60. The van der Waals surface area contributed by atoms with Crippen molar-refractivity contribution in [2.24, 2.45) is 0 Å². The minimum atomic E-state index is 0.213. The maximum absolute atomic E-state index is 6.35. The van der Waals surface area contributed by atoms with Crippen LogP contribution in [0.25, 0.3) is 0 Å². The van der Waals surface area contributed by atoms with E-state index in [4.69, 9.17) is 9.47 Å². The van der Waals surface area contributed by atoms with E-state index in [2.05, 4.69) is 6.92 Å². The lowest BCUT2D eigenvalue weighted by Crippen LogP contribution is -2.36. The number of rotatable bonds is 14. The van der Waals surface area contributed by atoms with Crippen molar-refractivity contribution in [2.45, 2.75) is 121 Å². The number of ether oxygens (including phenoxy) is 2. The van der Waals surface area contributed by atoms with Gasteiger partial charge in [-0.05, 0) is 19.3 Å². The summed E-state index contributed by atoms with van der Waals surface area (Å²) in [7, 11) is 0. The van der Waals surface area contributed by atoms with E-state index < -0.39 is 0 Å². The molecule has 0 bridgehead atoms. The standard InChI is InChI=1S/C21H40O2/c1-2-3-4-5-6-7-8-9-10-12-15-21(16-13-11-14-17-21)23-19-20-18-22-20/h20H,2-19H2,1H3. The molecule has 2 rings (SSSR count). The zero-order valence-corrected chi connectivity index (χ0v) is 15.6. The summed E-state index contributed by atoms with van der Waals surface area (Å²) in [5.41, 5.74) is 0.213. The Morgan fingerprint density at radius 1 is 0.826 bits per heavy atom. The maximum atomic E-state index is 6.35. The van der Waals surface area contributed by atoms with Crippen molar-refractivity contribution >= 4 is 0 Å². The molecular weight excluding hydrogens is 284 g/mol. The van der Waals surface area contributed by atoms with Crippen LogP contribution >= 0.6 is 0 Å². The van der Waals surface area contributed by atoms with Gasteiger partial charge in [-0.25, -0.2) is 0 Å². The Bertz CT molecular complexity index is 280. The second-order valence-corrected chi connectivity index (χ2v) is 7.94. The van der Waals surface area contributed by atoms with Crippen LogP contribution in [-0.2, 0) is 9.47 Å². The molecular formula is C21H40O2. The number of hydrogen-bond acceptors (Lipinski definition) is 2. The van der Waals surface area contributed by atoms with Crippen molar-refractivity contribution in [2.75, 3.05) is 13.2 Å². The van der Waals surface area contributed by atoms with E-state index in [1.54, 1.807) is 0 Å². The summed E-state index contributed by atoms with van der Waals surface area (Å²) in [6.45, 7) is 4.06. The molecule has 136 valence electrons. The molecule has 23 heavy (non-hydrogen) atoms. The van der Waals surface area contributed by atoms with Crippen LogP contribution in [0.3, 0.4) is 0 Å². The molecule has 1 unspecified atom stereocenters. The summed E-state index contributed by atoms with van der Waals surface area (Å²) in [5.74, 6) is 0. The molecule has 0 spiro atoms. The molecule has 0 aromatic rings. The monoisotopic (exact) mass is 324 g/mol. The first-order valence-corrected chi connectivity index (χ1v) is 10.6. The van der Waals surface area contributed by atoms with Gasteiger partial charge in [-0.15, -0.1) is 0 Å². The number of unbranched alkanes of at least 4 members (excludes halogenated alkanes) is 9. The van der Waals surface area contributed by atoms with Crippen molar-refractivity contribution in [3.8, 4) is 0 Å². The van der Waals surface area contributed by atoms with Gasteiger partial charge in [0.05, 0.1) is 18.8 Å². The van der Waals surface area contributed by atoms with Gasteiger partial charge in [0.15, 0.2) is 0 Å². The number of epoxide rings is 1. The summed E-state index contributed by atoms with van der Waals surface area (Å²) in [6.07, 6.45) is 22.6. The van der Waals surface area contributed by atoms with Crippen LogP contribution in [0.1, 0.15) is 110 Å². The molecule has 1 saturated heterocycles. The summed E-state index contributed by atoms with van der Waals surface area (Å²) >= 11 is 0. The third-order valence-electron chi connectivity index (χ3n) is 5.73. The lowest BCUT2D eigenvalue weighted by atomic mass is 9.81. The van der Waals surface area contributed by atoms with Gasteiger partial charge in [0.1, 0.15) is 6.10 Å². The van der Waals surface area contributed by atoms with E-state index in [1.165, 1.54) is 103 Å². The second-order valence-electron chi connectivity index (χ2n) is 7.94. The van der Waals surface area contributed by atoms with E-state index in [9.17, 15) is 0 Å². The Morgan fingerprint density at radius 3 is 1.96 bits per heavy atom. The maximum Gasteiger partial charge on any atom is 0.104 e. The summed E-state index contributed by atoms with van der Waals surface area (Å²) in [4.78, 5) is 0. The first-order chi connectivity index (χ1) is 11.3. The lowest BCUT2D eigenvalue weighted by molar-refractivity contribution is -0.0815. The van der Waals surface area contributed by atoms with Gasteiger partial charge in [0.25, 0.3) is 0 Å². The van der Waals surface area contributed by atoms with Crippen LogP contribution < -0.4 is 0 Å². The smallest absolute Gasteiger partial charge is 0.104 e. The molecule has 1 aliphatic carbocycles. The quantitative estimate of drug-likeness (QED) is 0.272. The van der Waals surface area contributed by atoms with Crippen LogP contribution in [0.4, 0.5) is 0 Å². The van der Waals surface area contributed by atoms with Crippen LogP contribution in [0.2, 0.25) is 0 Å². The third kappa shape index (κ3) is 8.54. The highest BCUT2D eigenvalue weighted by Crippen LogP contribution is 2.36. The Balaban J connectivity index is 1.48. The van der Waals surface area contributed by atoms with Gasteiger partial charge in [0.2, 0.25) is 0 Å². The lowest BCUT2D eigenvalue weighted by Gasteiger charge is -2.37. The molecule has 0 aromatic carbocycles. The summed E-state index contributed by atoms with van der Waals surface area (Å²) in [6, 6.07) is 0. The molecule has 0 N–H and O–H groups in total. The highest BCUT2D eigenvalue weighted by atomic mass is 16.6. The van der Waals surface area contributed by atoms with Crippen LogP contribution in [-0.4, -0.2) is 24.9 Å². The largest absolute Gasteiger partial charge is 0.372 e. The van der Waals surface area contributed by atoms with Gasteiger partial charge in [0, 0.05) is 0 Å². The molecule has 0 amide bonds. The molecule has 1 heterocycles. The van der Waals surface area contributed by atoms with E-state index in [1.807, 2.05) is 0 Å². The molecule has 1 saturated carbocycles. The van der Waals surface area contributed by atoms with Crippen molar-refractivity contribution in [3.05, 3.63) is 0 Å². The SMILES string of the molecule is CCCCCCCCCCCCC1(OCC2CO2)CCCCC1. The Hall–Kier alpha value is -0.0800. The van der Waals surface area contributed by atoms with Gasteiger partial charge in [-0.3, -0.25) is 0 Å². The molecule has 2 heteroatoms. The highest BCUT2D eigenvalue weighted by molar-refractivity contribution is 4.85. The van der Waals surface area contributed by atoms with Gasteiger partial charge < -0.3 is 9.47 Å². The molecule has 2 fully saturated rings. The normalized spacial score (nSPS) is 23.1. The average molecular weight is 325 g/mol. The zero-order valence-electron chi connectivity index (χ0n) is 15.6. The summed E-state index contributed by atoms with van der Waals surface area (Å²) < 4.78 is 11.7. The Labute approximate surface area is 144 Å². The minimum absolute atomic E-state index is 0.213. The zero-order chi connectivity index (χ0) is 16.2. The Morgan fingerprint density at radius 2 is 1.39 bits per heavy atom. The minimum Gasteiger partial charge on any atom is -0.372 e. The van der Waals surface area contributed by atoms with E-state index in [-0.39, 0.29) is 5.60 Å². The van der Waals surface area contributed by atoms with E-state index >= 15 is 0 Å². The summed E-state index contributed by atoms with van der Waals surface area (Å²) in [5, 5.41) is 0. The van der Waals surface area contributed by atoms with E-state index in [0.717, 1.165) is 13.2 Å². The van der Waals surface area contributed by atoms with Gasteiger partial charge in [-0.1, -0.05) is 90.4 Å². The average Bonchev–Trinajstić information content (AvgIpc) is 3.40. The topological polar surface area (TPSA) is 21.8 Å². The van der Waals surface area contributed by atoms with Crippen LogP contribution in [0.15, 0.2) is 0 Å². The van der Waals surface area contributed by atoms with Gasteiger partial charge in [-0.2, -0.15) is 0 Å². The first kappa shape index (κ1) is 19.2. The third-order valence-corrected chi connectivity index (χ3v) is 5.73. The number of hydrogen-bond donors (Lipinski definition) is 0. The predicted octanol–water partition coefficient (Wildman–Crippen LogP) is 6.42. The molecule has 2 nitrogen and oxygen atoms in total. The van der Waals surface area contributed by atoms with Crippen molar-refractivity contribution in [1.29, 1.82) is 0 Å². The van der Waals surface area contributed by atoms with Gasteiger partial charge >= 0.3 is 0 Å². The van der Waals surface area contributed by atoms with Crippen LogP contribution in [0, 0.1) is 0 Å².